The van der Waals surface area contributed by atoms with E-state index >= 15 is 0 Å². The molecule has 1 aliphatic heterocycles. The number of aromatic amines is 1. The van der Waals surface area contributed by atoms with Gasteiger partial charge in [0.1, 0.15) is 6.61 Å². The summed E-state index contributed by atoms with van der Waals surface area (Å²) in [6.45, 7) is 2.42. The maximum Gasteiger partial charge on any atom is 0.255 e. The maximum atomic E-state index is 12.7. The van der Waals surface area contributed by atoms with Crippen molar-refractivity contribution in [2.45, 2.75) is 18.8 Å². The van der Waals surface area contributed by atoms with Crippen molar-refractivity contribution in [1.29, 1.82) is 0 Å². The minimum atomic E-state index is 0.00940. The Hall–Kier alpha value is -2.41. The Morgan fingerprint density at radius 1 is 1.38 bits per heavy atom. The number of pyridine rings is 1. The quantitative estimate of drug-likeness (QED) is 0.818. The highest BCUT2D eigenvalue weighted by atomic mass is 16.5. The second-order valence-electron chi connectivity index (χ2n) is 5.83. The zero-order valence-electron chi connectivity index (χ0n) is 13.8. The number of hydrogen-bond donors (Lipinski definition) is 1. The minimum absolute atomic E-state index is 0.00940. The molecule has 0 aliphatic carbocycles. The van der Waals surface area contributed by atoms with Crippen molar-refractivity contribution in [3.8, 4) is 5.88 Å². The number of hydrogen-bond acceptors (Lipinski definition) is 5. The fourth-order valence-electron chi connectivity index (χ4n) is 2.91. The second-order valence-corrected chi connectivity index (χ2v) is 5.83. The van der Waals surface area contributed by atoms with Crippen LogP contribution in [0.5, 0.6) is 5.88 Å². The smallest absolute Gasteiger partial charge is 0.255 e. The van der Waals surface area contributed by atoms with Crippen LogP contribution in [0, 0.1) is 0 Å². The van der Waals surface area contributed by atoms with Crippen molar-refractivity contribution in [1.82, 2.24) is 20.1 Å². The lowest BCUT2D eigenvalue weighted by Crippen LogP contribution is -2.39. The molecular formula is C17H22N4O3. The van der Waals surface area contributed by atoms with Gasteiger partial charge in [0.15, 0.2) is 0 Å². The summed E-state index contributed by atoms with van der Waals surface area (Å²) in [4.78, 5) is 18.8. The van der Waals surface area contributed by atoms with Crippen LogP contribution >= 0.6 is 0 Å². The van der Waals surface area contributed by atoms with Gasteiger partial charge in [-0.1, -0.05) is 0 Å². The number of rotatable bonds is 6. The van der Waals surface area contributed by atoms with Gasteiger partial charge in [-0.25, -0.2) is 4.98 Å². The number of ether oxygens (including phenoxy) is 2. The molecule has 3 rings (SSSR count). The van der Waals surface area contributed by atoms with Crippen LogP contribution in [0.4, 0.5) is 0 Å². The number of aromatic nitrogens is 3. The Kier molecular flexibility index (Phi) is 5.43. The number of nitrogens with one attached hydrogen (secondary N) is 1. The van der Waals surface area contributed by atoms with E-state index in [2.05, 4.69) is 15.2 Å². The third kappa shape index (κ3) is 3.91. The van der Waals surface area contributed by atoms with Gasteiger partial charge in [-0.3, -0.25) is 9.89 Å². The van der Waals surface area contributed by atoms with Crippen LogP contribution in [0.3, 0.4) is 0 Å². The SMILES string of the molecule is COCCOc1ccc(C(=O)N2CCCC(c3ccn[nH]3)C2)cn1. The molecule has 128 valence electrons. The van der Waals surface area contributed by atoms with E-state index in [-0.39, 0.29) is 5.91 Å². The average Bonchev–Trinajstić information content (AvgIpc) is 3.17. The Morgan fingerprint density at radius 2 is 2.29 bits per heavy atom. The van der Waals surface area contributed by atoms with Crippen LogP contribution in [-0.2, 0) is 4.74 Å². The minimum Gasteiger partial charge on any atom is -0.475 e. The highest BCUT2D eigenvalue weighted by Gasteiger charge is 2.26. The molecule has 1 amide bonds. The first kappa shape index (κ1) is 16.4. The molecular weight excluding hydrogens is 308 g/mol. The molecule has 2 aromatic heterocycles. The fourth-order valence-corrected chi connectivity index (χ4v) is 2.91. The molecule has 7 nitrogen and oxygen atoms in total. The molecule has 0 aromatic carbocycles. The largest absolute Gasteiger partial charge is 0.475 e. The summed E-state index contributed by atoms with van der Waals surface area (Å²) in [5.74, 6) is 0.822. The number of H-pyrrole nitrogens is 1. The van der Waals surface area contributed by atoms with Gasteiger partial charge in [0.05, 0.1) is 12.2 Å². The van der Waals surface area contributed by atoms with Gasteiger partial charge in [0.2, 0.25) is 5.88 Å². The molecule has 1 unspecified atom stereocenters. The summed E-state index contributed by atoms with van der Waals surface area (Å²) in [5.41, 5.74) is 1.67. The van der Waals surface area contributed by atoms with Crippen molar-refractivity contribution < 1.29 is 14.3 Å². The number of amides is 1. The van der Waals surface area contributed by atoms with Crippen LogP contribution in [0.1, 0.15) is 34.8 Å². The first-order valence-electron chi connectivity index (χ1n) is 8.14. The van der Waals surface area contributed by atoms with E-state index in [1.54, 1.807) is 31.6 Å². The lowest BCUT2D eigenvalue weighted by molar-refractivity contribution is 0.0705. The van der Waals surface area contributed by atoms with E-state index in [1.165, 1.54) is 0 Å². The Labute approximate surface area is 141 Å². The van der Waals surface area contributed by atoms with Gasteiger partial charge in [0, 0.05) is 50.3 Å². The summed E-state index contributed by atoms with van der Waals surface area (Å²) < 4.78 is 10.3. The van der Waals surface area contributed by atoms with Crippen molar-refractivity contribution in [3.05, 3.63) is 41.9 Å². The van der Waals surface area contributed by atoms with Crippen LogP contribution in [0.25, 0.3) is 0 Å². The van der Waals surface area contributed by atoms with Gasteiger partial charge >= 0.3 is 0 Å². The van der Waals surface area contributed by atoms with E-state index in [4.69, 9.17) is 9.47 Å². The van der Waals surface area contributed by atoms with E-state index in [9.17, 15) is 4.79 Å². The molecule has 1 atom stereocenters. The summed E-state index contributed by atoms with van der Waals surface area (Å²) in [6.07, 6.45) is 5.38. The standard InChI is InChI=1S/C17H22N4O3/c1-23-9-10-24-16-5-4-13(11-18-16)17(22)21-8-2-3-14(12-21)15-6-7-19-20-15/h4-7,11,14H,2-3,8-10,12H2,1H3,(H,19,20). The number of piperidine rings is 1. The third-order valence-corrected chi connectivity index (χ3v) is 4.19. The summed E-state index contributed by atoms with van der Waals surface area (Å²) in [7, 11) is 1.62. The summed E-state index contributed by atoms with van der Waals surface area (Å²) >= 11 is 0. The fraction of sp³-hybridized carbons (Fsp3) is 0.471. The van der Waals surface area contributed by atoms with E-state index < -0.39 is 0 Å². The molecule has 0 bridgehead atoms. The van der Waals surface area contributed by atoms with Crippen LogP contribution in [-0.4, -0.2) is 59.4 Å². The normalized spacial score (nSPS) is 17.7. The summed E-state index contributed by atoms with van der Waals surface area (Å²) in [6, 6.07) is 5.46. The average molecular weight is 330 g/mol. The second kappa shape index (κ2) is 7.92. The first-order valence-corrected chi connectivity index (χ1v) is 8.14. The molecule has 0 saturated carbocycles. The lowest BCUT2D eigenvalue weighted by atomic mass is 9.94. The van der Waals surface area contributed by atoms with Crippen molar-refractivity contribution in [3.63, 3.8) is 0 Å². The predicted octanol–water partition coefficient (Wildman–Crippen LogP) is 1.85. The topological polar surface area (TPSA) is 80.3 Å². The van der Waals surface area contributed by atoms with Gasteiger partial charge < -0.3 is 14.4 Å². The molecule has 1 saturated heterocycles. The molecule has 1 fully saturated rings. The molecule has 2 aromatic rings. The highest BCUT2D eigenvalue weighted by molar-refractivity contribution is 5.94. The van der Waals surface area contributed by atoms with Crippen molar-refractivity contribution in [2.75, 3.05) is 33.4 Å². The molecule has 7 heteroatoms. The van der Waals surface area contributed by atoms with Crippen LogP contribution < -0.4 is 4.74 Å². The van der Waals surface area contributed by atoms with E-state index in [0.717, 1.165) is 25.1 Å². The molecule has 1 N–H and O–H groups in total. The van der Waals surface area contributed by atoms with Crippen LogP contribution in [0.15, 0.2) is 30.6 Å². The van der Waals surface area contributed by atoms with Crippen molar-refractivity contribution >= 4 is 5.91 Å². The van der Waals surface area contributed by atoms with Gasteiger partial charge in [-0.05, 0) is 25.0 Å². The monoisotopic (exact) mass is 330 g/mol. The number of likely N-dealkylation sites (tertiary alicyclic amines) is 1. The Balaban J connectivity index is 1.61. The zero-order valence-corrected chi connectivity index (χ0v) is 13.8. The van der Waals surface area contributed by atoms with Crippen molar-refractivity contribution in [2.24, 2.45) is 0 Å². The Bertz CT molecular complexity index is 642. The molecule has 24 heavy (non-hydrogen) atoms. The molecule has 3 heterocycles. The molecule has 0 radical (unpaired) electrons. The third-order valence-electron chi connectivity index (χ3n) is 4.19. The Morgan fingerprint density at radius 3 is 3.00 bits per heavy atom. The van der Waals surface area contributed by atoms with Gasteiger partial charge in [-0.15, -0.1) is 0 Å². The number of carbonyl (C=O) groups is 1. The molecule has 1 aliphatic rings. The predicted molar refractivity (Wildman–Crippen MR) is 88.1 cm³/mol. The number of carbonyl (C=O) groups excluding carboxylic acids is 1. The lowest BCUT2D eigenvalue weighted by Gasteiger charge is -2.32. The maximum absolute atomic E-state index is 12.7. The number of nitrogens with zero attached hydrogens (tertiary/aromatic N) is 3. The molecule has 0 spiro atoms. The van der Waals surface area contributed by atoms with E-state index in [1.807, 2.05) is 11.0 Å². The zero-order chi connectivity index (χ0) is 16.8. The van der Waals surface area contributed by atoms with Gasteiger partial charge in [-0.2, -0.15) is 5.10 Å². The van der Waals surface area contributed by atoms with E-state index in [0.29, 0.717) is 37.1 Å². The van der Waals surface area contributed by atoms with Crippen LogP contribution in [0.2, 0.25) is 0 Å². The highest BCUT2D eigenvalue weighted by Crippen LogP contribution is 2.26. The van der Waals surface area contributed by atoms with Gasteiger partial charge in [0.25, 0.3) is 5.91 Å². The summed E-state index contributed by atoms with van der Waals surface area (Å²) in [5, 5.41) is 7.02. The first-order chi connectivity index (χ1) is 11.8. The number of methoxy groups -OCH3 is 1.